The van der Waals surface area contributed by atoms with Crippen LogP contribution in [0.1, 0.15) is 13.3 Å². The van der Waals surface area contributed by atoms with Crippen molar-refractivity contribution in [2.24, 2.45) is 5.73 Å². The molecule has 9 nitrogen and oxygen atoms in total. The molecule has 0 unspecified atom stereocenters. The van der Waals surface area contributed by atoms with Crippen LogP contribution in [-0.4, -0.2) is 33.3 Å². The van der Waals surface area contributed by atoms with Crippen LogP contribution in [0, 0.1) is 20.2 Å². The van der Waals surface area contributed by atoms with Gasteiger partial charge in [0.05, 0.1) is 27.0 Å². The molecule has 0 radical (unpaired) electrons. The van der Waals surface area contributed by atoms with E-state index in [2.05, 4.69) is 5.32 Å². The van der Waals surface area contributed by atoms with Gasteiger partial charge in [-0.05, 0) is 17.9 Å². The third kappa shape index (κ3) is 5.34. The molecule has 126 valence electrons. The van der Waals surface area contributed by atoms with Crippen molar-refractivity contribution in [3.05, 3.63) is 37.4 Å². The van der Waals surface area contributed by atoms with Gasteiger partial charge in [-0.2, -0.15) is 11.8 Å². The number of rotatable bonds is 8. The molecule has 0 saturated heterocycles. The van der Waals surface area contributed by atoms with Crippen molar-refractivity contribution in [3.63, 3.8) is 0 Å². The molecule has 0 aliphatic rings. The molecule has 1 rings (SSSR count). The third-order valence-electron chi connectivity index (χ3n) is 2.82. The molecular weight excluding hydrogens is 348 g/mol. The van der Waals surface area contributed by atoms with E-state index in [-0.39, 0.29) is 10.7 Å². The maximum atomic E-state index is 12.0. The summed E-state index contributed by atoms with van der Waals surface area (Å²) in [5, 5.41) is 23.8. The smallest absolute Gasteiger partial charge is 0.301 e. The number of thioether (sulfide) groups is 1. The molecule has 0 aliphatic heterocycles. The van der Waals surface area contributed by atoms with Gasteiger partial charge in [-0.25, -0.2) is 0 Å². The minimum absolute atomic E-state index is 0.297. The Bertz CT molecular complexity index is 628. The monoisotopic (exact) mass is 362 g/mol. The average Bonchev–Trinajstić information content (AvgIpc) is 2.48. The minimum atomic E-state index is -0.861. The SMILES string of the molecule is CCSCC[C@H](N)C(=O)Nc1c(Cl)cc([N+](=O)[O-])cc1[N+](=O)[O-]. The van der Waals surface area contributed by atoms with E-state index >= 15 is 0 Å². The highest BCUT2D eigenvalue weighted by Crippen LogP contribution is 2.36. The summed E-state index contributed by atoms with van der Waals surface area (Å²) in [7, 11) is 0. The van der Waals surface area contributed by atoms with Crippen molar-refractivity contribution < 1.29 is 14.6 Å². The summed E-state index contributed by atoms with van der Waals surface area (Å²) in [5.74, 6) is 0.912. The molecule has 11 heteroatoms. The molecule has 0 heterocycles. The van der Waals surface area contributed by atoms with Crippen molar-refractivity contribution >= 4 is 46.3 Å². The first-order valence-electron chi connectivity index (χ1n) is 6.54. The lowest BCUT2D eigenvalue weighted by molar-refractivity contribution is -0.393. The number of nitrogens with two attached hydrogens (primary N) is 1. The molecule has 1 aromatic rings. The molecule has 0 bridgehead atoms. The number of nitro benzene ring substituents is 2. The molecular formula is C12H15ClN4O5S. The van der Waals surface area contributed by atoms with Gasteiger partial charge in [0.25, 0.3) is 5.69 Å². The number of nitro groups is 2. The number of hydrogen-bond donors (Lipinski definition) is 2. The first kappa shape index (κ1) is 19.1. The van der Waals surface area contributed by atoms with E-state index in [9.17, 15) is 25.0 Å². The molecule has 23 heavy (non-hydrogen) atoms. The standard InChI is InChI=1S/C12H15ClN4O5S/c1-2-23-4-3-9(14)12(18)15-11-8(13)5-7(16(19)20)6-10(11)17(21)22/h5-6,9H,2-4,14H2,1H3,(H,15,18)/t9-/m0/s1. The number of non-ortho nitro benzene ring substituents is 1. The Labute approximate surface area is 140 Å². The molecule has 1 amide bonds. The Morgan fingerprint density at radius 1 is 1.39 bits per heavy atom. The second kappa shape index (κ2) is 8.65. The molecule has 0 spiro atoms. The number of nitrogens with one attached hydrogen (secondary N) is 1. The van der Waals surface area contributed by atoms with Crippen LogP contribution >= 0.6 is 23.4 Å². The maximum Gasteiger partial charge on any atom is 0.301 e. The lowest BCUT2D eigenvalue weighted by atomic mass is 10.2. The number of amides is 1. The summed E-state index contributed by atoms with van der Waals surface area (Å²) >= 11 is 7.44. The predicted octanol–water partition coefficient (Wildman–Crippen LogP) is 2.57. The number of nitrogens with zero attached hydrogens (tertiary/aromatic N) is 2. The van der Waals surface area contributed by atoms with Gasteiger partial charge in [0.15, 0.2) is 0 Å². The van der Waals surface area contributed by atoms with Gasteiger partial charge < -0.3 is 11.1 Å². The highest BCUT2D eigenvalue weighted by Gasteiger charge is 2.26. The molecule has 0 saturated carbocycles. The zero-order valence-electron chi connectivity index (χ0n) is 12.2. The van der Waals surface area contributed by atoms with Gasteiger partial charge in [-0.3, -0.25) is 25.0 Å². The molecule has 3 N–H and O–H groups in total. The van der Waals surface area contributed by atoms with E-state index in [4.69, 9.17) is 17.3 Å². The van der Waals surface area contributed by atoms with Crippen LogP contribution in [0.5, 0.6) is 0 Å². The van der Waals surface area contributed by atoms with E-state index in [1.807, 2.05) is 6.92 Å². The van der Waals surface area contributed by atoms with Gasteiger partial charge in [0.2, 0.25) is 5.91 Å². The first-order valence-corrected chi connectivity index (χ1v) is 8.07. The van der Waals surface area contributed by atoms with Crippen molar-refractivity contribution in [3.8, 4) is 0 Å². The Hall–Kier alpha value is -1.91. The van der Waals surface area contributed by atoms with Crippen molar-refractivity contribution in [1.29, 1.82) is 0 Å². The number of carbonyl (C=O) groups is 1. The van der Waals surface area contributed by atoms with Gasteiger partial charge >= 0.3 is 5.69 Å². The van der Waals surface area contributed by atoms with Crippen LogP contribution in [-0.2, 0) is 4.79 Å². The minimum Gasteiger partial charge on any atom is -0.320 e. The summed E-state index contributed by atoms with van der Waals surface area (Å²) in [6.07, 6.45) is 0.392. The summed E-state index contributed by atoms with van der Waals surface area (Å²) in [6.45, 7) is 1.97. The maximum absolute atomic E-state index is 12.0. The van der Waals surface area contributed by atoms with Gasteiger partial charge in [0.1, 0.15) is 5.69 Å². The van der Waals surface area contributed by atoms with Crippen LogP contribution < -0.4 is 11.1 Å². The Kier molecular flexibility index (Phi) is 7.20. The van der Waals surface area contributed by atoms with E-state index in [1.54, 1.807) is 11.8 Å². The second-order valence-corrected chi connectivity index (χ2v) is 6.22. The van der Waals surface area contributed by atoms with E-state index in [1.165, 1.54) is 0 Å². The summed E-state index contributed by atoms with van der Waals surface area (Å²) < 4.78 is 0. The zero-order chi connectivity index (χ0) is 17.6. The summed E-state index contributed by atoms with van der Waals surface area (Å²) in [4.78, 5) is 32.1. The summed E-state index contributed by atoms with van der Waals surface area (Å²) in [6, 6.07) is 0.808. The second-order valence-electron chi connectivity index (χ2n) is 4.42. The Morgan fingerprint density at radius 2 is 2.04 bits per heavy atom. The number of hydrogen-bond acceptors (Lipinski definition) is 7. The lowest BCUT2D eigenvalue weighted by Crippen LogP contribution is -2.36. The van der Waals surface area contributed by atoms with Crippen molar-refractivity contribution in [2.45, 2.75) is 19.4 Å². The van der Waals surface area contributed by atoms with Gasteiger partial charge in [-0.1, -0.05) is 18.5 Å². The zero-order valence-corrected chi connectivity index (χ0v) is 13.7. The van der Waals surface area contributed by atoms with E-state index in [0.29, 0.717) is 12.2 Å². The number of benzene rings is 1. The van der Waals surface area contributed by atoms with Crippen LogP contribution in [0.25, 0.3) is 0 Å². The number of carbonyl (C=O) groups excluding carboxylic acids is 1. The quantitative estimate of drug-likeness (QED) is 0.411. The fourth-order valence-electron chi connectivity index (χ4n) is 1.65. The molecule has 0 aromatic heterocycles. The molecule has 1 aromatic carbocycles. The largest absolute Gasteiger partial charge is 0.320 e. The van der Waals surface area contributed by atoms with Crippen molar-refractivity contribution in [2.75, 3.05) is 16.8 Å². The van der Waals surface area contributed by atoms with Crippen LogP contribution in [0.15, 0.2) is 12.1 Å². The number of halogens is 1. The fraction of sp³-hybridized carbons (Fsp3) is 0.417. The van der Waals surface area contributed by atoms with Gasteiger partial charge in [-0.15, -0.1) is 0 Å². The fourth-order valence-corrected chi connectivity index (χ4v) is 2.62. The normalized spacial score (nSPS) is 11.8. The highest BCUT2D eigenvalue weighted by molar-refractivity contribution is 7.99. The third-order valence-corrected chi connectivity index (χ3v) is 4.05. The summed E-state index contributed by atoms with van der Waals surface area (Å²) in [5.41, 5.74) is 4.22. The van der Waals surface area contributed by atoms with Crippen LogP contribution in [0.3, 0.4) is 0 Å². The molecule has 0 fully saturated rings. The average molecular weight is 363 g/mol. The van der Waals surface area contributed by atoms with Crippen molar-refractivity contribution in [1.82, 2.24) is 0 Å². The number of anilines is 1. The van der Waals surface area contributed by atoms with E-state index in [0.717, 1.165) is 17.9 Å². The molecule has 1 atom stereocenters. The topological polar surface area (TPSA) is 141 Å². The van der Waals surface area contributed by atoms with Crippen LogP contribution in [0.2, 0.25) is 5.02 Å². The van der Waals surface area contributed by atoms with Gasteiger partial charge in [0, 0.05) is 6.07 Å². The predicted molar refractivity (Wildman–Crippen MR) is 89.0 cm³/mol. The van der Waals surface area contributed by atoms with E-state index < -0.39 is 33.2 Å². The Balaban J connectivity index is 3.01. The lowest BCUT2D eigenvalue weighted by Gasteiger charge is -2.13. The molecule has 0 aliphatic carbocycles. The first-order chi connectivity index (χ1) is 10.8. The Morgan fingerprint density at radius 3 is 2.57 bits per heavy atom. The van der Waals surface area contributed by atoms with Crippen LogP contribution in [0.4, 0.5) is 17.1 Å². The highest BCUT2D eigenvalue weighted by atomic mass is 35.5.